The Labute approximate surface area is 142 Å². The minimum Gasteiger partial charge on any atom is -0.399 e. The molecule has 2 aromatic rings. The highest BCUT2D eigenvalue weighted by Crippen LogP contribution is 2.37. The SMILES string of the molecule is CC1(C)OB(c2cccc3c2cnn3SCC2CC2)OC1(C)C. The average Bonchev–Trinajstić information content (AvgIpc) is 3.17. The van der Waals surface area contributed by atoms with Gasteiger partial charge >= 0.3 is 7.12 Å². The number of aromatic nitrogens is 2. The minimum absolute atomic E-state index is 0.323. The van der Waals surface area contributed by atoms with Crippen LogP contribution in [0.25, 0.3) is 10.9 Å². The van der Waals surface area contributed by atoms with Crippen LogP contribution in [0, 0.1) is 5.92 Å². The van der Waals surface area contributed by atoms with E-state index in [1.54, 1.807) is 11.9 Å². The molecule has 2 aliphatic rings. The second kappa shape index (κ2) is 5.26. The highest BCUT2D eigenvalue weighted by atomic mass is 32.2. The Morgan fingerprint density at radius 3 is 2.57 bits per heavy atom. The van der Waals surface area contributed by atoms with Crippen molar-refractivity contribution in [3.63, 3.8) is 0 Å². The third-order valence-corrected chi connectivity index (χ3v) is 6.41. The molecule has 6 heteroatoms. The topological polar surface area (TPSA) is 36.3 Å². The first-order valence-corrected chi connectivity index (χ1v) is 9.27. The van der Waals surface area contributed by atoms with Crippen LogP contribution in [0.5, 0.6) is 0 Å². The van der Waals surface area contributed by atoms with E-state index < -0.39 is 0 Å². The van der Waals surface area contributed by atoms with Gasteiger partial charge < -0.3 is 9.31 Å². The van der Waals surface area contributed by atoms with E-state index >= 15 is 0 Å². The summed E-state index contributed by atoms with van der Waals surface area (Å²) in [5.74, 6) is 2.03. The fourth-order valence-electron chi connectivity index (χ4n) is 2.79. The molecule has 0 radical (unpaired) electrons. The molecule has 2 fully saturated rings. The molecule has 0 spiro atoms. The molecule has 1 saturated carbocycles. The predicted octanol–water partition coefficient (Wildman–Crippen LogP) is 3.24. The number of benzene rings is 1. The monoisotopic (exact) mass is 330 g/mol. The van der Waals surface area contributed by atoms with Crippen LogP contribution in [0.4, 0.5) is 0 Å². The van der Waals surface area contributed by atoms with Crippen molar-refractivity contribution in [3.05, 3.63) is 24.4 Å². The van der Waals surface area contributed by atoms with Gasteiger partial charge in [0.1, 0.15) is 0 Å². The Kier molecular flexibility index (Phi) is 3.56. The van der Waals surface area contributed by atoms with Gasteiger partial charge in [0.05, 0.1) is 22.9 Å². The summed E-state index contributed by atoms with van der Waals surface area (Å²) in [7, 11) is -0.338. The fraction of sp³-hybridized carbons (Fsp3) is 0.588. The summed E-state index contributed by atoms with van der Waals surface area (Å²) in [4.78, 5) is 0. The van der Waals surface area contributed by atoms with Crippen LogP contribution in [0.3, 0.4) is 0 Å². The quantitative estimate of drug-likeness (QED) is 0.807. The Morgan fingerprint density at radius 1 is 1.22 bits per heavy atom. The van der Waals surface area contributed by atoms with Crippen molar-refractivity contribution in [2.45, 2.75) is 51.7 Å². The molecule has 1 aromatic carbocycles. The van der Waals surface area contributed by atoms with E-state index in [1.165, 1.54) is 12.8 Å². The molecular weight excluding hydrogens is 307 g/mol. The normalized spacial score (nSPS) is 22.9. The van der Waals surface area contributed by atoms with Gasteiger partial charge in [-0.15, -0.1) is 0 Å². The molecule has 122 valence electrons. The molecular formula is C17H23BN2O2S. The summed E-state index contributed by atoms with van der Waals surface area (Å²) in [6.45, 7) is 8.34. The first-order chi connectivity index (χ1) is 10.9. The van der Waals surface area contributed by atoms with Crippen LogP contribution >= 0.6 is 11.9 Å². The van der Waals surface area contributed by atoms with Crippen molar-refractivity contribution in [2.24, 2.45) is 5.92 Å². The molecule has 1 aliphatic carbocycles. The largest absolute Gasteiger partial charge is 0.495 e. The van der Waals surface area contributed by atoms with Gasteiger partial charge in [-0.2, -0.15) is 5.10 Å². The number of hydrogen-bond acceptors (Lipinski definition) is 4. The molecule has 0 bridgehead atoms. The maximum Gasteiger partial charge on any atom is 0.495 e. The average molecular weight is 330 g/mol. The third-order valence-electron chi connectivity index (χ3n) is 5.25. The van der Waals surface area contributed by atoms with E-state index in [0.29, 0.717) is 0 Å². The number of nitrogens with zero attached hydrogens (tertiary/aromatic N) is 2. The molecule has 0 amide bonds. The molecule has 1 saturated heterocycles. The van der Waals surface area contributed by atoms with E-state index in [1.807, 2.05) is 10.3 Å². The van der Waals surface area contributed by atoms with Crippen LogP contribution < -0.4 is 5.46 Å². The molecule has 1 aliphatic heterocycles. The van der Waals surface area contributed by atoms with Gasteiger partial charge in [0, 0.05) is 11.1 Å². The summed E-state index contributed by atoms with van der Waals surface area (Å²) in [6.07, 6.45) is 4.67. The van der Waals surface area contributed by atoms with E-state index in [2.05, 4.69) is 51.0 Å². The summed E-state index contributed by atoms with van der Waals surface area (Å²) < 4.78 is 14.5. The van der Waals surface area contributed by atoms with E-state index in [4.69, 9.17) is 9.31 Å². The summed E-state index contributed by atoms with van der Waals surface area (Å²) in [6, 6.07) is 6.28. The molecule has 1 aromatic heterocycles. The van der Waals surface area contributed by atoms with Crippen LogP contribution in [0.1, 0.15) is 40.5 Å². The molecule has 0 unspecified atom stereocenters. The van der Waals surface area contributed by atoms with E-state index in [-0.39, 0.29) is 18.3 Å². The lowest BCUT2D eigenvalue weighted by molar-refractivity contribution is 0.00578. The van der Waals surface area contributed by atoms with Crippen LogP contribution in [-0.4, -0.2) is 33.3 Å². The van der Waals surface area contributed by atoms with Gasteiger partial charge in [-0.25, -0.2) is 4.09 Å². The Balaban J connectivity index is 1.65. The molecule has 0 N–H and O–H groups in total. The molecule has 23 heavy (non-hydrogen) atoms. The first-order valence-electron chi connectivity index (χ1n) is 8.33. The highest BCUT2D eigenvalue weighted by molar-refractivity contribution is 7.97. The number of fused-ring (bicyclic) bond motifs is 1. The second-order valence-corrected chi connectivity index (χ2v) is 8.56. The van der Waals surface area contributed by atoms with Crippen molar-refractivity contribution in [2.75, 3.05) is 5.75 Å². The molecule has 4 rings (SSSR count). The van der Waals surface area contributed by atoms with Crippen molar-refractivity contribution in [1.82, 2.24) is 9.19 Å². The zero-order valence-electron chi connectivity index (χ0n) is 14.2. The fourth-order valence-corrected chi connectivity index (χ4v) is 3.89. The van der Waals surface area contributed by atoms with Gasteiger partial charge in [0.25, 0.3) is 0 Å². The predicted molar refractivity (Wildman–Crippen MR) is 96.0 cm³/mol. The summed E-state index contributed by atoms with van der Waals surface area (Å²) in [5, 5.41) is 5.69. The van der Waals surface area contributed by atoms with Crippen molar-refractivity contribution in [1.29, 1.82) is 0 Å². The van der Waals surface area contributed by atoms with E-state index in [9.17, 15) is 0 Å². The lowest BCUT2D eigenvalue weighted by Gasteiger charge is -2.32. The van der Waals surface area contributed by atoms with E-state index in [0.717, 1.165) is 28.0 Å². The molecule has 0 atom stereocenters. The van der Waals surface area contributed by atoms with Crippen LogP contribution in [-0.2, 0) is 9.31 Å². The highest BCUT2D eigenvalue weighted by Gasteiger charge is 2.52. The molecule has 4 nitrogen and oxygen atoms in total. The summed E-state index contributed by atoms with van der Waals surface area (Å²) >= 11 is 1.80. The van der Waals surface area contributed by atoms with Crippen LogP contribution in [0.2, 0.25) is 0 Å². The van der Waals surface area contributed by atoms with Crippen molar-refractivity contribution < 1.29 is 9.31 Å². The standard InChI is InChI=1S/C17H23BN2O2S/c1-16(2)17(3,4)22-18(21-16)14-6-5-7-15-13(14)10-19-20(15)23-11-12-8-9-12/h5-7,10,12H,8-9,11H2,1-4H3. The van der Waals surface area contributed by atoms with Crippen LogP contribution in [0.15, 0.2) is 24.4 Å². The zero-order valence-corrected chi connectivity index (χ0v) is 15.0. The van der Waals surface area contributed by atoms with Gasteiger partial charge in [0.15, 0.2) is 0 Å². The number of hydrogen-bond donors (Lipinski definition) is 0. The van der Waals surface area contributed by atoms with Gasteiger partial charge in [-0.05, 0) is 69.9 Å². The first kappa shape index (κ1) is 15.5. The third kappa shape index (κ3) is 2.71. The lowest BCUT2D eigenvalue weighted by atomic mass is 9.77. The Morgan fingerprint density at radius 2 is 1.91 bits per heavy atom. The molecule has 2 heterocycles. The van der Waals surface area contributed by atoms with Gasteiger partial charge in [-0.1, -0.05) is 12.1 Å². The Bertz CT molecular complexity index is 723. The Hall–Kier alpha value is -0.975. The van der Waals surface area contributed by atoms with Crippen molar-refractivity contribution in [3.8, 4) is 0 Å². The maximum absolute atomic E-state index is 6.21. The lowest BCUT2D eigenvalue weighted by Crippen LogP contribution is -2.41. The number of rotatable bonds is 4. The zero-order chi connectivity index (χ0) is 16.2. The minimum atomic E-state index is -0.338. The van der Waals surface area contributed by atoms with Crippen molar-refractivity contribution >= 4 is 35.4 Å². The van der Waals surface area contributed by atoms with Gasteiger partial charge in [0.2, 0.25) is 0 Å². The maximum atomic E-state index is 6.21. The van der Waals surface area contributed by atoms with Gasteiger partial charge in [-0.3, -0.25) is 0 Å². The smallest absolute Gasteiger partial charge is 0.399 e. The summed E-state index contributed by atoms with van der Waals surface area (Å²) in [5.41, 5.74) is 1.56. The second-order valence-electron chi connectivity index (χ2n) is 7.62.